The highest BCUT2D eigenvalue weighted by atomic mass is 19.1. The van der Waals surface area contributed by atoms with Crippen LogP contribution in [-0.4, -0.2) is 17.7 Å². The van der Waals surface area contributed by atoms with Crippen molar-refractivity contribution in [3.8, 4) is 5.75 Å². The molecule has 26 heavy (non-hydrogen) atoms. The number of hydrogen-bond donors (Lipinski definition) is 1. The van der Waals surface area contributed by atoms with Crippen LogP contribution in [0.4, 0.5) is 4.39 Å². The Morgan fingerprint density at radius 2 is 1.73 bits per heavy atom. The number of carbonyl (C=O) groups is 1. The van der Waals surface area contributed by atoms with Gasteiger partial charge in [-0.1, -0.05) is 6.42 Å². The molecule has 4 heteroatoms. The Labute approximate surface area is 153 Å². The van der Waals surface area contributed by atoms with Crippen molar-refractivity contribution in [2.24, 2.45) is 23.2 Å². The highest BCUT2D eigenvalue weighted by Crippen LogP contribution is 2.60. The van der Waals surface area contributed by atoms with Gasteiger partial charge in [-0.25, -0.2) is 9.18 Å². The summed E-state index contributed by atoms with van der Waals surface area (Å²) in [6.45, 7) is 0.669. The standard InChI is InChI=1S/C22H27FO3/c23-19-8-20(17(16-2-1-3-16)7-18(19)21(24)25)26-12-22-9-13-4-14(10-22)6-15(5-13)11-22/h7-8,13-16H,1-6,9-12H2,(H,24,25). The summed E-state index contributed by atoms with van der Waals surface area (Å²) in [6, 6.07) is 2.86. The van der Waals surface area contributed by atoms with Crippen LogP contribution in [-0.2, 0) is 0 Å². The second-order valence-electron chi connectivity index (χ2n) is 9.51. The van der Waals surface area contributed by atoms with E-state index in [2.05, 4.69) is 0 Å². The van der Waals surface area contributed by atoms with Crippen LogP contribution in [0, 0.1) is 29.0 Å². The lowest BCUT2D eigenvalue weighted by molar-refractivity contribution is -0.0747. The molecule has 0 atom stereocenters. The molecule has 1 aromatic rings. The molecule has 5 aliphatic carbocycles. The summed E-state index contributed by atoms with van der Waals surface area (Å²) >= 11 is 0. The maximum atomic E-state index is 14.3. The van der Waals surface area contributed by atoms with Crippen molar-refractivity contribution >= 4 is 5.97 Å². The van der Waals surface area contributed by atoms with Crippen molar-refractivity contribution in [3.05, 3.63) is 29.1 Å². The average molecular weight is 358 g/mol. The summed E-state index contributed by atoms with van der Waals surface area (Å²) in [4.78, 5) is 11.3. The van der Waals surface area contributed by atoms with Gasteiger partial charge in [0.05, 0.1) is 12.2 Å². The highest BCUT2D eigenvalue weighted by Gasteiger charge is 2.51. The Kier molecular flexibility index (Phi) is 3.81. The van der Waals surface area contributed by atoms with Crippen LogP contribution in [0.2, 0.25) is 0 Å². The van der Waals surface area contributed by atoms with Gasteiger partial charge in [-0.2, -0.15) is 0 Å². The van der Waals surface area contributed by atoms with Gasteiger partial charge in [-0.3, -0.25) is 0 Å². The lowest BCUT2D eigenvalue weighted by Gasteiger charge is -2.56. The van der Waals surface area contributed by atoms with Gasteiger partial charge in [-0.05, 0) is 86.7 Å². The molecule has 140 valence electrons. The van der Waals surface area contributed by atoms with Crippen LogP contribution in [0.5, 0.6) is 5.75 Å². The summed E-state index contributed by atoms with van der Waals surface area (Å²) < 4.78 is 20.6. The van der Waals surface area contributed by atoms with Crippen LogP contribution < -0.4 is 4.74 Å². The topological polar surface area (TPSA) is 46.5 Å². The zero-order chi connectivity index (χ0) is 17.9. The molecule has 1 aromatic carbocycles. The monoisotopic (exact) mass is 358 g/mol. The van der Waals surface area contributed by atoms with Gasteiger partial charge < -0.3 is 9.84 Å². The lowest BCUT2D eigenvalue weighted by Crippen LogP contribution is -2.48. The number of carboxylic acids is 1. The molecule has 3 nitrogen and oxygen atoms in total. The van der Waals surface area contributed by atoms with Crippen LogP contribution in [0.1, 0.15) is 79.6 Å². The molecule has 0 aromatic heterocycles. The number of aromatic carboxylic acids is 1. The van der Waals surface area contributed by atoms with Crippen molar-refractivity contribution in [1.29, 1.82) is 0 Å². The largest absolute Gasteiger partial charge is 0.493 e. The van der Waals surface area contributed by atoms with Gasteiger partial charge >= 0.3 is 5.97 Å². The van der Waals surface area contributed by atoms with Gasteiger partial charge in [0.25, 0.3) is 0 Å². The first-order chi connectivity index (χ1) is 12.5. The van der Waals surface area contributed by atoms with E-state index in [0.29, 0.717) is 18.3 Å². The number of carboxylic acid groups (broad SMARTS) is 1. The molecule has 5 saturated carbocycles. The minimum atomic E-state index is -1.20. The summed E-state index contributed by atoms with van der Waals surface area (Å²) in [5, 5.41) is 9.26. The molecule has 0 amide bonds. The molecular formula is C22H27FO3. The zero-order valence-corrected chi connectivity index (χ0v) is 15.2. The second kappa shape index (κ2) is 5.97. The minimum Gasteiger partial charge on any atom is -0.493 e. The summed E-state index contributed by atoms with van der Waals surface area (Å²) in [5.41, 5.74) is 0.946. The summed E-state index contributed by atoms with van der Waals surface area (Å²) in [5.74, 6) is 1.62. The van der Waals surface area contributed by atoms with E-state index in [0.717, 1.165) is 42.6 Å². The Morgan fingerprint density at radius 3 is 2.23 bits per heavy atom. The van der Waals surface area contributed by atoms with E-state index in [1.165, 1.54) is 50.7 Å². The number of benzene rings is 1. The quantitative estimate of drug-likeness (QED) is 0.768. The zero-order valence-electron chi connectivity index (χ0n) is 15.2. The van der Waals surface area contributed by atoms with Crippen molar-refractivity contribution in [2.75, 3.05) is 6.61 Å². The third-order valence-corrected chi connectivity index (χ3v) is 7.57. The van der Waals surface area contributed by atoms with E-state index in [1.54, 1.807) is 0 Å². The maximum absolute atomic E-state index is 14.3. The molecule has 0 radical (unpaired) electrons. The molecule has 0 unspecified atom stereocenters. The summed E-state index contributed by atoms with van der Waals surface area (Å²) in [7, 11) is 0. The molecule has 0 heterocycles. The van der Waals surface area contributed by atoms with Crippen LogP contribution in [0.3, 0.4) is 0 Å². The Hall–Kier alpha value is -1.58. The molecule has 6 rings (SSSR count). The first-order valence-corrected chi connectivity index (χ1v) is 10.2. The number of rotatable bonds is 5. The first kappa shape index (κ1) is 16.6. The predicted octanol–water partition coefficient (Wildman–Crippen LogP) is 5.39. The van der Waals surface area contributed by atoms with Crippen molar-refractivity contribution in [2.45, 2.75) is 63.7 Å². The van der Waals surface area contributed by atoms with E-state index < -0.39 is 11.8 Å². The molecule has 0 aliphatic heterocycles. The van der Waals surface area contributed by atoms with Gasteiger partial charge in [0, 0.05) is 11.5 Å². The molecule has 5 aliphatic rings. The fraction of sp³-hybridized carbons (Fsp3) is 0.682. The van der Waals surface area contributed by atoms with Gasteiger partial charge in [-0.15, -0.1) is 0 Å². The molecule has 5 fully saturated rings. The maximum Gasteiger partial charge on any atom is 0.338 e. The van der Waals surface area contributed by atoms with Crippen LogP contribution in [0.15, 0.2) is 12.1 Å². The van der Waals surface area contributed by atoms with Crippen molar-refractivity contribution < 1.29 is 19.0 Å². The SMILES string of the molecule is O=C(O)c1cc(C2CCC2)c(OCC23CC4CC(CC(C4)C2)C3)cc1F. The number of hydrogen-bond acceptors (Lipinski definition) is 2. The van der Waals surface area contributed by atoms with E-state index >= 15 is 0 Å². The molecule has 0 saturated heterocycles. The normalized spacial score (nSPS) is 35.3. The smallest absolute Gasteiger partial charge is 0.338 e. The third-order valence-electron chi connectivity index (χ3n) is 7.57. The molecule has 1 N–H and O–H groups in total. The van der Waals surface area contributed by atoms with Gasteiger partial charge in [0.2, 0.25) is 0 Å². The molecular weight excluding hydrogens is 331 g/mol. The third kappa shape index (κ3) is 2.73. The first-order valence-electron chi connectivity index (χ1n) is 10.2. The van der Waals surface area contributed by atoms with E-state index in [1.807, 2.05) is 0 Å². The number of halogens is 1. The fourth-order valence-corrected chi connectivity index (χ4v) is 6.60. The minimum absolute atomic E-state index is 0.228. The average Bonchev–Trinajstić information content (AvgIpc) is 2.51. The molecule has 0 spiro atoms. The van der Waals surface area contributed by atoms with Crippen LogP contribution in [0.25, 0.3) is 0 Å². The van der Waals surface area contributed by atoms with E-state index in [-0.39, 0.29) is 11.0 Å². The summed E-state index contributed by atoms with van der Waals surface area (Å²) in [6.07, 6.45) is 11.2. The Morgan fingerprint density at radius 1 is 1.12 bits per heavy atom. The van der Waals surface area contributed by atoms with Crippen molar-refractivity contribution in [3.63, 3.8) is 0 Å². The van der Waals surface area contributed by atoms with E-state index in [9.17, 15) is 14.3 Å². The highest BCUT2D eigenvalue weighted by molar-refractivity contribution is 5.88. The lowest BCUT2D eigenvalue weighted by atomic mass is 9.50. The predicted molar refractivity (Wildman–Crippen MR) is 96.1 cm³/mol. The fourth-order valence-electron chi connectivity index (χ4n) is 6.60. The van der Waals surface area contributed by atoms with Gasteiger partial charge in [0.15, 0.2) is 0 Å². The van der Waals surface area contributed by atoms with Gasteiger partial charge in [0.1, 0.15) is 11.6 Å². The van der Waals surface area contributed by atoms with Crippen molar-refractivity contribution in [1.82, 2.24) is 0 Å². The Bertz CT molecular complexity index is 702. The van der Waals surface area contributed by atoms with E-state index in [4.69, 9.17) is 4.74 Å². The second-order valence-corrected chi connectivity index (χ2v) is 9.51. The number of ether oxygens (including phenoxy) is 1. The molecule has 4 bridgehead atoms. The Balaban J connectivity index is 1.40. The van der Waals surface area contributed by atoms with Crippen LogP contribution >= 0.6 is 0 Å².